The first-order valence-electron chi connectivity index (χ1n) is 5.86. The molecule has 0 aromatic heterocycles. The van der Waals surface area contributed by atoms with E-state index >= 15 is 0 Å². The average Bonchev–Trinajstić information content (AvgIpc) is 2.41. The predicted octanol–water partition coefficient (Wildman–Crippen LogP) is 4.50. The Hall–Kier alpha value is -0.840. The minimum absolute atomic E-state index is 0.540. The predicted molar refractivity (Wildman–Crippen MR) is 83.5 cm³/mol. The van der Waals surface area contributed by atoms with Crippen molar-refractivity contribution in [1.82, 2.24) is 0 Å². The second-order valence-electron chi connectivity index (χ2n) is 4.23. The molecular weight excluding hydrogens is 372 g/mol. The van der Waals surface area contributed by atoms with E-state index in [1.54, 1.807) is 7.11 Å². The van der Waals surface area contributed by atoms with Gasteiger partial charge in [-0.25, -0.2) is 0 Å². The van der Waals surface area contributed by atoms with Crippen LogP contribution in [0.4, 0.5) is 0 Å². The van der Waals surface area contributed by atoms with Crippen LogP contribution in [0.5, 0.6) is 5.75 Å². The Morgan fingerprint density at radius 3 is 2.37 bits per heavy atom. The fourth-order valence-corrected chi connectivity index (χ4v) is 2.75. The molecule has 100 valence electrons. The molecule has 0 radical (unpaired) electrons. The summed E-state index contributed by atoms with van der Waals surface area (Å²) in [6.45, 7) is 0. The van der Waals surface area contributed by atoms with Crippen molar-refractivity contribution in [3.8, 4) is 5.75 Å². The molecule has 4 heteroatoms. The molecule has 0 aliphatic rings. The highest BCUT2D eigenvalue weighted by molar-refractivity contribution is 9.10. The first kappa shape index (κ1) is 14.6. The fourth-order valence-electron chi connectivity index (χ4n) is 1.86. The van der Waals surface area contributed by atoms with Gasteiger partial charge in [-0.15, -0.1) is 0 Å². The molecule has 19 heavy (non-hydrogen) atoms. The first-order chi connectivity index (χ1) is 9.10. The van der Waals surface area contributed by atoms with Crippen molar-refractivity contribution in [2.24, 2.45) is 0 Å². The molecule has 1 atom stereocenters. The van der Waals surface area contributed by atoms with Crippen LogP contribution in [0.2, 0.25) is 0 Å². The average molecular weight is 386 g/mol. The van der Waals surface area contributed by atoms with E-state index in [-0.39, 0.29) is 0 Å². The van der Waals surface area contributed by atoms with Gasteiger partial charge in [-0.2, -0.15) is 0 Å². The van der Waals surface area contributed by atoms with Crippen molar-refractivity contribution in [2.45, 2.75) is 12.5 Å². The molecule has 0 bridgehead atoms. The molecule has 2 aromatic rings. The van der Waals surface area contributed by atoms with E-state index in [0.717, 1.165) is 25.8 Å². The lowest BCUT2D eigenvalue weighted by Gasteiger charge is -2.14. The van der Waals surface area contributed by atoms with E-state index < -0.39 is 6.10 Å². The summed E-state index contributed by atoms with van der Waals surface area (Å²) in [5.74, 6) is 0.770. The van der Waals surface area contributed by atoms with E-state index in [2.05, 4.69) is 31.9 Å². The van der Waals surface area contributed by atoms with Crippen LogP contribution in [0.1, 0.15) is 17.2 Å². The number of hydrogen-bond donors (Lipinski definition) is 1. The van der Waals surface area contributed by atoms with Crippen LogP contribution in [0, 0.1) is 0 Å². The van der Waals surface area contributed by atoms with E-state index in [1.807, 2.05) is 42.5 Å². The Morgan fingerprint density at radius 2 is 1.79 bits per heavy atom. The third kappa shape index (κ3) is 3.81. The number of aliphatic hydroxyl groups is 1. The van der Waals surface area contributed by atoms with E-state index in [9.17, 15) is 5.11 Å². The third-order valence-corrected chi connectivity index (χ3v) is 4.12. The lowest BCUT2D eigenvalue weighted by Crippen LogP contribution is -2.03. The van der Waals surface area contributed by atoms with Crippen molar-refractivity contribution in [3.05, 3.63) is 62.5 Å². The molecular formula is C15H14Br2O2. The summed E-state index contributed by atoms with van der Waals surface area (Å²) in [4.78, 5) is 0. The maximum atomic E-state index is 10.3. The zero-order chi connectivity index (χ0) is 13.8. The second-order valence-corrected chi connectivity index (χ2v) is 6.00. The summed E-state index contributed by atoms with van der Waals surface area (Å²) < 4.78 is 7.04. The second kappa shape index (κ2) is 6.55. The van der Waals surface area contributed by atoms with Gasteiger partial charge in [0.05, 0.1) is 13.2 Å². The third-order valence-electron chi connectivity index (χ3n) is 2.91. The van der Waals surface area contributed by atoms with E-state index in [1.165, 1.54) is 0 Å². The Morgan fingerprint density at radius 1 is 1.11 bits per heavy atom. The number of ether oxygens (including phenoxy) is 1. The Balaban J connectivity index is 2.15. The highest BCUT2D eigenvalue weighted by atomic mass is 79.9. The first-order valence-corrected chi connectivity index (χ1v) is 7.44. The van der Waals surface area contributed by atoms with Gasteiger partial charge in [-0.05, 0) is 35.4 Å². The molecule has 0 fully saturated rings. The normalized spacial score (nSPS) is 12.2. The lowest BCUT2D eigenvalue weighted by molar-refractivity contribution is 0.177. The smallest absolute Gasteiger partial charge is 0.120 e. The van der Waals surface area contributed by atoms with E-state index in [0.29, 0.717) is 6.42 Å². The number of hydrogen-bond acceptors (Lipinski definition) is 2. The number of rotatable bonds is 4. The van der Waals surface area contributed by atoms with E-state index in [4.69, 9.17) is 4.74 Å². The molecule has 0 saturated heterocycles. The van der Waals surface area contributed by atoms with Crippen LogP contribution in [-0.4, -0.2) is 12.2 Å². The zero-order valence-electron chi connectivity index (χ0n) is 10.4. The zero-order valence-corrected chi connectivity index (χ0v) is 13.6. The Bertz CT molecular complexity index is 553. The maximum absolute atomic E-state index is 10.3. The molecule has 2 nitrogen and oxygen atoms in total. The topological polar surface area (TPSA) is 29.5 Å². The number of benzene rings is 2. The van der Waals surface area contributed by atoms with Crippen molar-refractivity contribution in [1.29, 1.82) is 0 Å². The van der Waals surface area contributed by atoms with Gasteiger partial charge in [-0.1, -0.05) is 50.1 Å². The SMILES string of the molecule is COc1ccc(C(O)Cc2ccc(Br)cc2)c(Br)c1. The van der Waals surface area contributed by atoms with Gasteiger partial charge >= 0.3 is 0 Å². The van der Waals surface area contributed by atoms with Gasteiger partial charge in [0.15, 0.2) is 0 Å². The largest absolute Gasteiger partial charge is 0.497 e. The Kier molecular flexibility index (Phi) is 5.02. The van der Waals surface area contributed by atoms with Crippen LogP contribution >= 0.6 is 31.9 Å². The van der Waals surface area contributed by atoms with Crippen LogP contribution in [0.3, 0.4) is 0 Å². The highest BCUT2D eigenvalue weighted by Gasteiger charge is 2.12. The quantitative estimate of drug-likeness (QED) is 0.839. The Labute approximate surface area is 129 Å². The molecule has 0 amide bonds. The molecule has 1 N–H and O–H groups in total. The van der Waals surface area contributed by atoms with Crippen molar-refractivity contribution in [2.75, 3.05) is 7.11 Å². The number of halogens is 2. The molecule has 1 unspecified atom stereocenters. The van der Waals surface area contributed by atoms with Gasteiger partial charge in [-0.3, -0.25) is 0 Å². The van der Waals surface area contributed by atoms with Gasteiger partial charge < -0.3 is 9.84 Å². The summed E-state index contributed by atoms with van der Waals surface area (Å²) in [5, 5.41) is 10.3. The monoisotopic (exact) mass is 384 g/mol. The number of aliphatic hydroxyl groups excluding tert-OH is 1. The molecule has 0 saturated carbocycles. The van der Waals surface area contributed by atoms with Crippen LogP contribution in [0.25, 0.3) is 0 Å². The molecule has 2 aromatic carbocycles. The van der Waals surface area contributed by atoms with Crippen molar-refractivity contribution in [3.63, 3.8) is 0 Å². The molecule has 0 heterocycles. The van der Waals surface area contributed by atoms with Crippen LogP contribution in [-0.2, 0) is 6.42 Å². The summed E-state index contributed by atoms with van der Waals surface area (Å²) >= 11 is 6.87. The minimum Gasteiger partial charge on any atom is -0.497 e. The van der Waals surface area contributed by atoms with Crippen molar-refractivity contribution < 1.29 is 9.84 Å². The van der Waals surface area contributed by atoms with Crippen LogP contribution in [0.15, 0.2) is 51.4 Å². The van der Waals surface area contributed by atoms with Gasteiger partial charge in [0.2, 0.25) is 0 Å². The summed E-state index contributed by atoms with van der Waals surface area (Å²) in [6.07, 6.45) is 0.0412. The molecule has 0 spiro atoms. The van der Waals surface area contributed by atoms with Crippen LogP contribution < -0.4 is 4.74 Å². The number of methoxy groups -OCH3 is 1. The lowest BCUT2D eigenvalue weighted by atomic mass is 10.0. The summed E-state index contributed by atoms with van der Waals surface area (Å²) in [5.41, 5.74) is 1.96. The standard InChI is InChI=1S/C15H14Br2O2/c1-19-12-6-7-13(14(17)9-12)15(18)8-10-2-4-11(16)5-3-10/h2-7,9,15,18H,8H2,1H3. The minimum atomic E-state index is -0.540. The molecule has 0 aliphatic carbocycles. The van der Waals surface area contributed by atoms with Gasteiger partial charge in [0.1, 0.15) is 5.75 Å². The highest BCUT2D eigenvalue weighted by Crippen LogP contribution is 2.29. The fraction of sp³-hybridized carbons (Fsp3) is 0.200. The summed E-state index contributed by atoms with van der Waals surface area (Å²) in [7, 11) is 1.62. The molecule has 2 rings (SSSR count). The van der Waals surface area contributed by atoms with Crippen molar-refractivity contribution >= 4 is 31.9 Å². The van der Waals surface area contributed by atoms with Gasteiger partial charge in [0, 0.05) is 15.4 Å². The van der Waals surface area contributed by atoms with Gasteiger partial charge in [0.25, 0.3) is 0 Å². The summed E-state index contributed by atoms with van der Waals surface area (Å²) in [6, 6.07) is 13.6. The molecule has 0 aliphatic heterocycles. The maximum Gasteiger partial charge on any atom is 0.120 e.